The van der Waals surface area contributed by atoms with Gasteiger partial charge in [-0.3, -0.25) is 4.79 Å². The van der Waals surface area contributed by atoms with Gasteiger partial charge in [-0.15, -0.1) is 0 Å². The Bertz CT molecular complexity index is 659. The minimum Gasteiger partial charge on any atom is -0.508 e. The molecule has 2 aromatic carbocycles. The fourth-order valence-corrected chi connectivity index (χ4v) is 1.73. The number of rotatable bonds is 4. The fourth-order valence-electron chi connectivity index (χ4n) is 1.73. The van der Waals surface area contributed by atoms with Gasteiger partial charge >= 0.3 is 0 Å². The fraction of sp³-hybridized carbons (Fsp3) is 0.0625. The summed E-state index contributed by atoms with van der Waals surface area (Å²) in [6.07, 6.45) is 3.02. The van der Waals surface area contributed by atoms with Crippen LogP contribution in [0.15, 0.2) is 48.5 Å². The Kier molecular flexibility index (Phi) is 4.05. The van der Waals surface area contributed by atoms with Crippen LogP contribution in [0, 0.1) is 0 Å². The Hall–Kier alpha value is -2.75. The van der Waals surface area contributed by atoms with Gasteiger partial charge in [0.15, 0.2) is 17.3 Å². The van der Waals surface area contributed by atoms with E-state index in [1.165, 1.54) is 31.4 Å². The van der Waals surface area contributed by atoms with Gasteiger partial charge < -0.3 is 14.9 Å². The predicted molar refractivity (Wildman–Crippen MR) is 76.1 cm³/mol. The second kappa shape index (κ2) is 5.93. The first-order chi connectivity index (χ1) is 9.60. The monoisotopic (exact) mass is 270 g/mol. The molecule has 4 nitrogen and oxygen atoms in total. The molecule has 0 aliphatic carbocycles. The van der Waals surface area contributed by atoms with Gasteiger partial charge in [0.2, 0.25) is 0 Å². The number of hydrogen-bond donors (Lipinski definition) is 2. The molecule has 2 aromatic rings. The third kappa shape index (κ3) is 3.17. The second-order valence-electron chi connectivity index (χ2n) is 4.18. The SMILES string of the molecule is COc1cc(C(=O)C=Cc2cccc(O)c2)ccc1O. The molecule has 4 heteroatoms. The number of allylic oxidation sites excluding steroid dienone is 1. The minimum atomic E-state index is -0.216. The first-order valence-electron chi connectivity index (χ1n) is 5.98. The van der Waals surface area contributed by atoms with Gasteiger partial charge in [0.1, 0.15) is 5.75 Å². The summed E-state index contributed by atoms with van der Waals surface area (Å²) in [6.45, 7) is 0. The summed E-state index contributed by atoms with van der Waals surface area (Å²) in [7, 11) is 1.42. The van der Waals surface area contributed by atoms with Crippen molar-refractivity contribution < 1.29 is 19.7 Å². The van der Waals surface area contributed by atoms with Crippen molar-refractivity contribution in [3.8, 4) is 17.2 Å². The summed E-state index contributed by atoms with van der Waals surface area (Å²) in [5.74, 6) is 0.167. The van der Waals surface area contributed by atoms with Crippen molar-refractivity contribution in [2.45, 2.75) is 0 Å². The minimum absolute atomic E-state index is 0.0130. The van der Waals surface area contributed by atoms with Crippen LogP contribution in [-0.4, -0.2) is 23.1 Å². The van der Waals surface area contributed by atoms with Crippen LogP contribution in [-0.2, 0) is 0 Å². The molecule has 0 bridgehead atoms. The lowest BCUT2D eigenvalue weighted by Gasteiger charge is -2.04. The first-order valence-corrected chi connectivity index (χ1v) is 5.98. The smallest absolute Gasteiger partial charge is 0.185 e. The van der Waals surface area contributed by atoms with Gasteiger partial charge in [0, 0.05) is 5.56 Å². The van der Waals surface area contributed by atoms with Crippen molar-refractivity contribution >= 4 is 11.9 Å². The highest BCUT2D eigenvalue weighted by molar-refractivity contribution is 6.07. The average Bonchev–Trinajstić information content (AvgIpc) is 2.45. The number of phenolic OH excluding ortho intramolecular Hbond substituents is 2. The normalized spacial score (nSPS) is 10.7. The summed E-state index contributed by atoms with van der Waals surface area (Å²) < 4.78 is 4.95. The Labute approximate surface area is 116 Å². The molecule has 0 fully saturated rings. The largest absolute Gasteiger partial charge is 0.508 e. The van der Waals surface area contributed by atoms with Crippen molar-refractivity contribution in [1.29, 1.82) is 0 Å². The number of carbonyl (C=O) groups is 1. The third-order valence-electron chi connectivity index (χ3n) is 2.76. The van der Waals surface area contributed by atoms with Gasteiger partial charge in [-0.1, -0.05) is 18.2 Å². The molecule has 0 spiro atoms. The number of ketones is 1. The van der Waals surface area contributed by atoms with Crippen molar-refractivity contribution in [2.24, 2.45) is 0 Å². The van der Waals surface area contributed by atoms with E-state index in [0.29, 0.717) is 5.56 Å². The van der Waals surface area contributed by atoms with Crippen LogP contribution in [0.3, 0.4) is 0 Å². The highest BCUT2D eigenvalue weighted by Gasteiger charge is 2.07. The number of hydrogen-bond acceptors (Lipinski definition) is 4. The van der Waals surface area contributed by atoms with E-state index in [1.54, 1.807) is 30.3 Å². The van der Waals surface area contributed by atoms with Crippen molar-refractivity contribution in [3.63, 3.8) is 0 Å². The molecule has 0 aliphatic rings. The van der Waals surface area contributed by atoms with Crippen LogP contribution in [0.4, 0.5) is 0 Å². The van der Waals surface area contributed by atoms with E-state index in [0.717, 1.165) is 5.56 Å². The number of carbonyl (C=O) groups excluding carboxylic acids is 1. The second-order valence-corrected chi connectivity index (χ2v) is 4.18. The molecule has 2 rings (SSSR count). The molecule has 0 aromatic heterocycles. The molecular formula is C16H14O4. The quantitative estimate of drug-likeness (QED) is 0.662. The first kappa shape index (κ1) is 13.7. The number of aromatic hydroxyl groups is 2. The molecule has 2 N–H and O–H groups in total. The van der Waals surface area contributed by atoms with E-state index in [2.05, 4.69) is 0 Å². The zero-order chi connectivity index (χ0) is 14.5. The molecule has 0 atom stereocenters. The van der Waals surface area contributed by atoms with Gasteiger partial charge in [0.05, 0.1) is 7.11 Å². The Morgan fingerprint density at radius 1 is 1.15 bits per heavy atom. The lowest BCUT2D eigenvalue weighted by Crippen LogP contribution is -1.95. The van der Waals surface area contributed by atoms with Crippen LogP contribution in [0.2, 0.25) is 0 Å². The van der Waals surface area contributed by atoms with Crippen LogP contribution in [0.25, 0.3) is 6.08 Å². The Morgan fingerprint density at radius 3 is 2.65 bits per heavy atom. The van der Waals surface area contributed by atoms with Gasteiger partial charge in [0.25, 0.3) is 0 Å². The molecule has 0 amide bonds. The van der Waals surface area contributed by atoms with Crippen LogP contribution < -0.4 is 4.74 Å². The van der Waals surface area contributed by atoms with Crippen molar-refractivity contribution in [1.82, 2.24) is 0 Å². The number of ether oxygens (including phenoxy) is 1. The highest BCUT2D eigenvalue weighted by Crippen LogP contribution is 2.26. The maximum Gasteiger partial charge on any atom is 0.185 e. The summed E-state index contributed by atoms with van der Waals surface area (Å²) in [6, 6.07) is 11.0. The van der Waals surface area contributed by atoms with Gasteiger partial charge in [-0.2, -0.15) is 0 Å². The van der Waals surface area contributed by atoms with E-state index in [1.807, 2.05) is 0 Å². The molecular weight excluding hydrogens is 256 g/mol. The third-order valence-corrected chi connectivity index (χ3v) is 2.76. The highest BCUT2D eigenvalue weighted by atomic mass is 16.5. The summed E-state index contributed by atoms with van der Waals surface area (Å²) >= 11 is 0. The van der Waals surface area contributed by atoms with E-state index >= 15 is 0 Å². The number of phenols is 2. The van der Waals surface area contributed by atoms with Gasteiger partial charge in [-0.25, -0.2) is 0 Å². The molecule has 0 unspecified atom stereocenters. The molecule has 0 heterocycles. The zero-order valence-corrected chi connectivity index (χ0v) is 10.9. The maximum absolute atomic E-state index is 12.0. The maximum atomic E-state index is 12.0. The Balaban J connectivity index is 2.20. The molecule has 0 aliphatic heterocycles. The molecule has 0 saturated carbocycles. The zero-order valence-electron chi connectivity index (χ0n) is 10.9. The predicted octanol–water partition coefficient (Wildman–Crippen LogP) is 3.00. The van der Waals surface area contributed by atoms with Crippen LogP contribution >= 0.6 is 0 Å². The topological polar surface area (TPSA) is 66.8 Å². The Morgan fingerprint density at radius 2 is 1.95 bits per heavy atom. The lowest BCUT2D eigenvalue weighted by atomic mass is 10.1. The summed E-state index contributed by atoms with van der Waals surface area (Å²) in [5, 5.41) is 18.8. The number of benzene rings is 2. The van der Waals surface area contributed by atoms with Gasteiger partial charge in [-0.05, 0) is 42.0 Å². The lowest BCUT2D eigenvalue weighted by molar-refractivity contribution is 0.104. The van der Waals surface area contributed by atoms with Crippen LogP contribution in [0.5, 0.6) is 17.2 Å². The van der Waals surface area contributed by atoms with Crippen molar-refractivity contribution in [3.05, 3.63) is 59.7 Å². The van der Waals surface area contributed by atoms with E-state index in [4.69, 9.17) is 4.74 Å². The summed E-state index contributed by atoms with van der Waals surface area (Å²) in [4.78, 5) is 12.0. The molecule has 0 saturated heterocycles. The van der Waals surface area contributed by atoms with Crippen molar-refractivity contribution in [2.75, 3.05) is 7.11 Å². The standard InChI is InChI=1S/C16H14O4/c1-20-16-10-12(6-8-15(16)19)14(18)7-5-11-3-2-4-13(17)9-11/h2-10,17,19H,1H3. The van der Waals surface area contributed by atoms with Crippen LogP contribution in [0.1, 0.15) is 15.9 Å². The van der Waals surface area contributed by atoms with E-state index in [9.17, 15) is 15.0 Å². The molecule has 0 radical (unpaired) electrons. The van der Waals surface area contributed by atoms with E-state index < -0.39 is 0 Å². The van der Waals surface area contributed by atoms with E-state index in [-0.39, 0.29) is 23.0 Å². The summed E-state index contributed by atoms with van der Waals surface area (Å²) in [5.41, 5.74) is 1.14. The average molecular weight is 270 g/mol. The number of methoxy groups -OCH3 is 1. The molecule has 20 heavy (non-hydrogen) atoms. The molecule has 102 valence electrons.